The zero-order chi connectivity index (χ0) is 10.2. The monoisotopic (exact) mass is 216 g/mol. The molecule has 0 aromatic rings. The molecule has 1 aliphatic heterocycles. The maximum Gasteiger partial charge on any atom is 0.220 e. The standard InChI is InChI=1S/C10H20N2OS/c11-6-3-1-2-4-10(13)12-9-5-7-14-8-9/h9H,1-8,11H2,(H,12,13). The SMILES string of the molecule is NCCCCCC(=O)NC1CCSC1. The van der Waals surface area contributed by atoms with Crippen LogP contribution in [0.2, 0.25) is 0 Å². The van der Waals surface area contributed by atoms with Gasteiger partial charge >= 0.3 is 0 Å². The van der Waals surface area contributed by atoms with Gasteiger partial charge < -0.3 is 11.1 Å². The molecule has 82 valence electrons. The molecule has 0 aromatic carbocycles. The molecule has 0 saturated carbocycles. The van der Waals surface area contributed by atoms with Crippen molar-refractivity contribution in [2.45, 2.75) is 38.1 Å². The molecule has 1 fully saturated rings. The fraction of sp³-hybridized carbons (Fsp3) is 0.900. The summed E-state index contributed by atoms with van der Waals surface area (Å²) in [6.45, 7) is 0.737. The van der Waals surface area contributed by atoms with Crippen molar-refractivity contribution in [2.24, 2.45) is 5.73 Å². The van der Waals surface area contributed by atoms with Gasteiger partial charge in [-0.25, -0.2) is 0 Å². The van der Waals surface area contributed by atoms with Gasteiger partial charge in [-0.15, -0.1) is 0 Å². The fourth-order valence-electron chi connectivity index (χ4n) is 1.55. The summed E-state index contributed by atoms with van der Waals surface area (Å²) in [5.74, 6) is 2.50. The molecule has 1 rings (SSSR count). The minimum Gasteiger partial charge on any atom is -0.353 e. The molecule has 1 heterocycles. The first-order valence-corrected chi connectivity index (χ1v) is 6.55. The average molecular weight is 216 g/mol. The maximum atomic E-state index is 11.4. The lowest BCUT2D eigenvalue weighted by Gasteiger charge is -2.10. The Kier molecular flexibility index (Phi) is 6.03. The van der Waals surface area contributed by atoms with Gasteiger partial charge in [0, 0.05) is 18.2 Å². The first kappa shape index (κ1) is 11.9. The van der Waals surface area contributed by atoms with Crippen LogP contribution in [0.3, 0.4) is 0 Å². The van der Waals surface area contributed by atoms with Crippen molar-refractivity contribution in [2.75, 3.05) is 18.1 Å². The Balaban J connectivity index is 1.98. The fourth-order valence-corrected chi connectivity index (χ4v) is 2.71. The molecule has 14 heavy (non-hydrogen) atoms. The molecule has 0 aromatic heterocycles. The van der Waals surface area contributed by atoms with Crippen molar-refractivity contribution in [3.63, 3.8) is 0 Å². The van der Waals surface area contributed by atoms with E-state index in [1.807, 2.05) is 11.8 Å². The first-order chi connectivity index (χ1) is 6.83. The number of rotatable bonds is 6. The van der Waals surface area contributed by atoms with E-state index in [0.29, 0.717) is 12.5 Å². The van der Waals surface area contributed by atoms with E-state index in [1.54, 1.807) is 0 Å². The van der Waals surface area contributed by atoms with Crippen LogP contribution in [-0.4, -0.2) is 30.0 Å². The van der Waals surface area contributed by atoms with E-state index in [0.717, 1.165) is 38.0 Å². The van der Waals surface area contributed by atoms with Gasteiger partial charge in [0.15, 0.2) is 0 Å². The van der Waals surface area contributed by atoms with Gasteiger partial charge in [-0.3, -0.25) is 4.79 Å². The summed E-state index contributed by atoms with van der Waals surface area (Å²) in [7, 11) is 0. The van der Waals surface area contributed by atoms with Gasteiger partial charge in [-0.05, 0) is 31.6 Å². The largest absolute Gasteiger partial charge is 0.353 e. The van der Waals surface area contributed by atoms with Crippen LogP contribution in [0, 0.1) is 0 Å². The Morgan fingerprint density at radius 3 is 2.93 bits per heavy atom. The summed E-state index contributed by atoms with van der Waals surface area (Å²) < 4.78 is 0. The van der Waals surface area contributed by atoms with Crippen LogP contribution >= 0.6 is 11.8 Å². The quantitative estimate of drug-likeness (QED) is 0.654. The van der Waals surface area contributed by atoms with Gasteiger partial charge in [-0.1, -0.05) is 6.42 Å². The summed E-state index contributed by atoms with van der Waals surface area (Å²) in [5.41, 5.74) is 5.37. The van der Waals surface area contributed by atoms with Crippen molar-refractivity contribution in [1.29, 1.82) is 0 Å². The molecule has 0 spiro atoms. The van der Waals surface area contributed by atoms with Crippen LogP contribution in [0.1, 0.15) is 32.1 Å². The lowest BCUT2D eigenvalue weighted by atomic mass is 10.1. The van der Waals surface area contributed by atoms with Gasteiger partial charge in [0.25, 0.3) is 0 Å². The molecule has 1 aliphatic rings. The Morgan fingerprint density at radius 2 is 2.29 bits per heavy atom. The molecule has 3 nitrogen and oxygen atoms in total. The van der Waals surface area contributed by atoms with Crippen molar-refractivity contribution >= 4 is 17.7 Å². The number of carbonyl (C=O) groups excluding carboxylic acids is 1. The van der Waals surface area contributed by atoms with E-state index in [2.05, 4.69) is 5.32 Å². The van der Waals surface area contributed by atoms with E-state index in [4.69, 9.17) is 5.73 Å². The second-order valence-corrected chi connectivity index (χ2v) is 4.88. The lowest BCUT2D eigenvalue weighted by Crippen LogP contribution is -2.34. The summed E-state index contributed by atoms with van der Waals surface area (Å²) in [5, 5.41) is 3.06. The second kappa shape index (κ2) is 7.12. The van der Waals surface area contributed by atoms with E-state index >= 15 is 0 Å². The van der Waals surface area contributed by atoms with Crippen LogP contribution in [0.4, 0.5) is 0 Å². The van der Waals surface area contributed by atoms with Crippen molar-refractivity contribution in [1.82, 2.24) is 5.32 Å². The summed E-state index contributed by atoms with van der Waals surface area (Å²) in [6, 6.07) is 0.432. The molecular weight excluding hydrogens is 196 g/mol. The zero-order valence-electron chi connectivity index (χ0n) is 8.63. The normalized spacial score (nSPS) is 21.1. The van der Waals surface area contributed by atoms with Crippen LogP contribution in [0.15, 0.2) is 0 Å². The Bertz CT molecular complexity index is 170. The van der Waals surface area contributed by atoms with Crippen molar-refractivity contribution in [3.05, 3.63) is 0 Å². The highest BCUT2D eigenvalue weighted by atomic mass is 32.2. The minimum absolute atomic E-state index is 0.217. The van der Waals surface area contributed by atoms with E-state index < -0.39 is 0 Å². The minimum atomic E-state index is 0.217. The smallest absolute Gasteiger partial charge is 0.220 e. The molecule has 1 atom stereocenters. The molecule has 3 N–H and O–H groups in total. The highest BCUT2D eigenvalue weighted by molar-refractivity contribution is 7.99. The van der Waals surface area contributed by atoms with Gasteiger partial charge in [0.2, 0.25) is 5.91 Å². The number of hydrogen-bond acceptors (Lipinski definition) is 3. The average Bonchev–Trinajstić information content (AvgIpc) is 2.65. The van der Waals surface area contributed by atoms with Gasteiger partial charge in [0.05, 0.1) is 0 Å². The number of unbranched alkanes of at least 4 members (excludes halogenated alkanes) is 2. The van der Waals surface area contributed by atoms with E-state index in [-0.39, 0.29) is 5.91 Å². The Hall–Kier alpha value is -0.220. The molecule has 1 unspecified atom stereocenters. The third-order valence-electron chi connectivity index (χ3n) is 2.40. The van der Waals surface area contributed by atoms with Crippen LogP contribution in [-0.2, 0) is 4.79 Å². The Labute approximate surface area is 90.2 Å². The molecule has 0 aliphatic carbocycles. The number of carbonyl (C=O) groups is 1. The van der Waals surface area contributed by atoms with Gasteiger partial charge in [-0.2, -0.15) is 11.8 Å². The van der Waals surface area contributed by atoms with Crippen molar-refractivity contribution < 1.29 is 4.79 Å². The third-order valence-corrected chi connectivity index (χ3v) is 3.57. The number of thioether (sulfide) groups is 1. The van der Waals surface area contributed by atoms with E-state index in [9.17, 15) is 4.79 Å². The first-order valence-electron chi connectivity index (χ1n) is 5.40. The number of amides is 1. The summed E-state index contributed by atoms with van der Waals surface area (Å²) in [4.78, 5) is 11.4. The van der Waals surface area contributed by atoms with Crippen LogP contribution in [0.5, 0.6) is 0 Å². The molecule has 0 radical (unpaired) electrons. The number of nitrogens with one attached hydrogen (secondary N) is 1. The number of nitrogens with two attached hydrogens (primary N) is 1. The summed E-state index contributed by atoms with van der Waals surface area (Å²) in [6.07, 6.45) is 4.89. The predicted molar refractivity (Wildman–Crippen MR) is 61.4 cm³/mol. The molecule has 1 saturated heterocycles. The van der Waals surface area contributed by atoms with Gasteiger partial charge in [0.1, 0.15) is 0 Å². The molecule has 0 bridgehead atoms. The summed E-state index contributed by atoms with van der Waals surface area (Å²) >= 11 is 1.92. The molecular formula is C10H20N2OS. The predicted octanol–water partition coefficient (Wildman–Crippen LogP) is 1.13. The molecule has 4 heteroatoms. The molecule has 1 amide bonds. The van der Waals surface area contributed by atoms with Crippen molar-refractivity contribution in [3.8, 4) is 0 Å². The highest BCUT2D eigenvalue weighted by Crippen LogP contribution is 2.17. The topological polar surface area (TPSA) is 55.1 Å². The zero-order valence-corrected chi connectivity index (χ0v) is 9.44. The van der Waals surface area contributed by atoms with E-state index in [1.165, 1.54) is 5.75 Å². The van der Waals surface area contributed by atoms with Crippen LogP contribution < -0.4 is 11.1 Å². The second-order valence-electron chi connectivity index (χ2n) is 3.73. The highest BCUT2D eigenvalue weighted by Gasteiger charge is 2.16. The lowest BCUT2D eigenvalue weighted by molar-refractivity contribution is -0.121. The third kappa shape index (κ3) is 4.86. The number of hydrogen-bond donors (Lipinski definition) is 2. The Morgan fingerprint density at radius 1 is 1.43 bits per heavy atom. The van der Waals surface area contributed by atoms with Crippen LogP contribution in [0.25, 0.3) is 0 Å². The maximum absolute atomic E-state index is 11.4.